The number of carbonyl (C=O) groups is 1. The molecule has 1 aromatic rings. The molecular formula is C14H18O4. The second-order valence-electron chi connectivity index (χ2n) is 3.91. The molecule has 0 saturated heterocycles. The van der Waals surface area contributed by atoms with Gasteiger partial charge in [-0.05, 0) is 43.0 Å². The Bertz CT molecular complexity index is 449. The predicted octanol–water partition coefficient (Wildman–Crippen LogP) is 2.59. The van der Waals surface area contributed by atoms with Crippen LogP contribution < -0.4 is 9.47 Å². The van der Waals surface area contributed by atoms with Gasteiger partial charge in [-0.25, -0.2) is 4.79 Å². The Morgan fingerprint density at radius 3 is 2.50 bits per heavy atom. The molecule has 0 aliphatic rings. The third-order valence-electron chi connectivity index (χ3n) is 2.64. The first kappa shape index (κ1) is 14.1. The summed E-state index contributed by atoms with van der Waals surface area (Å²) in [7, 11) is 3.25. The molecule has 4 heteroatoms. The molecule has 98 valence electrons. The first-order valence-corrected chi connectivity index (χ1v) is 5.69. The van der Waals surface area contributed by atoms with E-state index in [-0.39, 0.29) is 0 Å². The van der Waals surface area contributed by atoms with E-state index in [9.17, 15) is 4.79 Å². The molecule has 0 unspecified atom stereocenters. The zero-order valence-corrected chi connectivity index (χ0v) is 10.9. The molecule has 0 aliphatic carbocycles. The third-order valence-corrected chi connectivity index (χ3v) is 2.64. The number of rotatable bonds is 6. The summed E-state index contributed by atoms with van der Waals surface area (Å²) in [6.07, 6.45) is 4.14. The number of aliphatic carboxylic acids is 1. The van der Waals surface area contributed by atoms with Crippen LogP contribution in [0.5, 0.6) is 11.5 Å². The number of carboxylic acid groups (broad SMARTS) is 1. The average molecular weight is 250 g/mol. The molecule has 1 N–H and O–H groups in total. The monoisotopic (exact) mass is 250 g/mol. The molecule has 0 spiro atoms. The Morgan fingerprint density at radius 1 is 1.28 bits per heavy atom. The lowest BCUT2D eigenvalue weighted by atomic mass is 10.0. The number of allylic oxidation sites excluding steroid dienone is 1. The van der Waals surface area contributed by atoms with Crippen molar-refractivity contribution in [3.63, 3.8) is 0 Å². The number of benzene rings is 1. The van der Waals surface area contributed by atoms with Crippen LogP contribution in [0.2, 0.25) is 0 Å². The molecular weight excluding hydrogens is 232 g/mol. The minimum Gasteiger partial charge on any atom is -0.496 e. The zero-order valence-electron chi connectivity index (χ0n) is 10.9. The summed E-state index contributed by atoms with van der Waals surface area (Å²) < 4.78 is 10.6. The highest BCUT2D eigenvalue weighted by atomic mass is 16.5. The van der Waals surface area contributed by atoms with Crippen molar-refractivity contribution in [2.24, 2.45) is 0 Å². The van der Waals surface area contributed by atoms with Gasteiger partial charge in [-0.1, -0.05) is 6.08 Å². The fourth-order valence-electron chi connectivity index (χ4n) is 1.73. The van der Waals surface area contributed by atoms with Crippen molar-refractivity contribution >= 4 is 5.97 Å². The average Bonchev–Trinajstić information content (AvgIpc) is 2.35. The van der Waals surface area contributed by atoms with Crippen LogP contribution >= 0.6 is 0 Å². The molecule has 4 nitrogen and oxygen atoms in total. The van der Waals surface area contributed by atoms with Gasteiger partial charge >= 0.3 is 5.97 Å². The molecule has 1 aromatic carbocycles. The van der Waals surface area contributed by atoms with Gasteiger partial charge < -0.3 is 14.6 Å². The van der Waals surface area contributed by atoms with E-state index in [2.05, 4.69) is 0 Å². The van der Waals surface area contributed by atoms with Gasteiger partial charge in [0.25, 0.3) is 0 Å². The summed E-state index contributed by atoms with van der Waals surface area (Å²) in [5.74, 6) is 0.688. The lowest BCUT2D eigenvalue weighted by Gasteiger charge is -2.12. The summed E-state index contributed by atoms with van der Waals surface area (Å²) in [5.41, 5.74) is 2.02. The number of methoxy groups -OCH3 is 2. The van der Waals surface area contributed by atoms with E-state index in [1.807, 2.05) is 19.1 Å². The summed E-state index contributed by atoms with van der Waals surface area (Å²) in [5, 5.41) is 8.50. The van der Waals surface area contributed by atoms with Gasteiger partial charge in [-0.2, -0.15) is 0 Å². The highest BCUT2D eigenvalue weighted by molar-refractivity contribution is 5.79. The van der Waals surface area contributed by atoms with E-state index in [1.165, 1.54) is 0 Å². The van der Waals surface area contributed by atoms with Crippen molar-refractivity contribution in [3.05, 3.63) is 35.4 Å². The fraction of sp³-hybridized carbons (Fsp3) is 0.357. The molecule has 0 radical (unpaired) electrons. The van der Waals surface area contributed by atoms with E-state index in [0.29, 0.717) is 12.8 Å². The van der Waals surface area contributed by atoms with Crippen LogP contribution in [0, 0.1) is 6.92 Å². The van der Waals surface area contributed by atoms with Crippen LogP contribution in [0.15, 0.2) is 24.3 Å². The summed E-state index contributed by atoms with van der Waals surface area (Å²) in [6.45, 7) is 1.95. The van der Waals surface area contributed by atoms with Crippen molar-refractivity contribution in [1.29, 1.82) is 0 Å². The largest absolute Gasteiger partial charge is 0.496 e. The number of carboxylic acids is 1. The SMILES string of the molecule is COc1cc(CC/C=C/C(=O)O)c(OC)cc1C. The minimum atomic E-state index is -0.927. The smallest absolute Gasteiger partial charge is 0.327 e. The number of aryl methyl sites for hydroxylation is 2. The normalized spacial score (nSPS) is 10.6. The van der Waals surface area contributed by atoms with Crippen molar-refractivity contribution < 1.29 is 19.4 Å². The molecule has 0 amide bonds. The van der Waals surface area contributed by atoms with Crippen LogP contribution in [0.4, 0.5) is 0 Å². The third kappa shape index (κ3) is 3.80. The van der Waals surface area contributed by atoms with E-state index in [0.717, 1.165) is 28.7 Å². The molecule has 0 saturated carbocycles. The minimum absolute atomic E-state index is 0.648. The molecule has 0 aromatic heterocycles. The van der Waals surface area contributed by atoms with Gasteiger partial charge in [0, 0.05) is 6.08 Å². The van der Waals surface area contributed by atoms with Crippen LogP contribution in [0.1, 0.15) is 17.5 Å². The Balaban J connectivity index is 2.83. The van der Waals surface area contributed by atoms with Crippen molar-refractivity contribution in [1.82, 2.24) is 0 Å². The van der Waals surface area contributed by atoms with E-state index >= 15 is 0 Å². The Kier molecular flexibility index (Phi) is 5.24. The number of hydrogen-bond donors (Lipinski definition) is 1. The van der Waals surface area contributed by atoms with Gasteiger partial charge in [0.15, 0.2) is 0 Å². The zero-order chi connectivity index (χ0) is 13.5. The Hall–Kier alpha value is -1.97. The van der Waals surface area contributed by atoms with Gasteiger partial charge in [0.2, 0.25) is 0 Å². The van der Waals surface area contributed by atoms with Crippen molar-refractivity contribution in [3.8, 4) is 11.5 Å². The quantitative estimate of drug-likeness (QED) is 0.788. The Morgan fingerprint density at radius 2 is 1.94 bits per heavy atom. The van der Waals surface area contributed by atoms with E-state index in [4.69, 9.17) is 14.6 Å². The number of ether oxygens (including phenoxy) is 2. The van der Waals surface area contributed by atoms with Crippen LogP contribution in [0.25, 0.3) is 0 Å². The van der Waals surface area contributed by atoms with Crippen LogP contribution in [-0.2, 0) is 11.2 Å². The van der Waals surface area contributed by atoms with E-state index in [1.54, 1.807) is 20.3 Å². The van der Waals surface area contributed by atoms with Crippen molar-refractivity contribution in [2.45, 2.75) is 19.8 Å². The fourth-order valence-corrected chi connectivity index (χ4v) is 1.73. The molecule has 0 bridgehead atoms. The molecule has 0 atom stereocenters. The van der Waals surface area contributed by atoms with Crippen LogP contribution in [-0.4, -0.2) is 25.3 Å². The first-order chi connectivity index (χ1) is 8.58. The predicted molar refractivity (Wildman–Crippen MR) is 69.4 cm³/mol. The highest BCUT2D eigenvalue weighted by Crippen LogP contribution is 2.29. The van der Waals surface area contributed by atoms with Gasteiger partial charge in [0.05, 0.1) is 14.2 Å². The van der Waals surface area contributed by atoms with Gasteiger partial charge in [0.1, 0.15) is 11.5 Å². The first-order valence-electron chi connectivity index (χ1n) is 5.69. The van der Waals surface area contributed by atoms with E-state index < -0.39 is 5.97 Å². The number of hydrogen-bond acceptors (Lipinski definition) is 3. The highest BCUT2D eigenvalue weighted by Gasteiger charge is 2.07. The topological polar surface area (TPSA) is 55.8 Å². The van der Waals surface area contributed by atoms with Gasteiger partial charge in [-0.3, -0.25) is 0 Å². The maximum atomic E-state index is 10.3. The molecule has 0 fully saturated rings. The molecule has 1 rings (SSSR count). The summed E-state index contributed by atoms with van der Waals surface area (Å²) in [4.78, 5) is 10.3. The lowest BCUT2D eigenvalue weighted by molar-refractivity contribution is -0.131. The molecule has 18 heavy (non-hydrogen) atoms. The standard InChI is InChI=1S/C14H18O4/c1-10-8-13(18-3)11(9-12(10)17-2)6-4-5-7-14(15)16/h5,7-9H,4,6H2,1-3H3,(H,15,16)/b7-5+. The molecule has 0 aliphatic heterocycles. The van der Waals surface area contributed by atoms with Crippen LogP contribution in [0.3, 0.4) is 0 Å². The lowest BCUT2D eigenvalue weighted by Crippen LogP contribution is -1.96. The Labute approximate surface area is 107 Å². The maximum absolute atomic E-state index is 10.3. The second-order valence-corrected chi connectivity index (χ2v) is 3.91. The molecule has 0 heterocycles. The second kappa shape index (κ2) is 6.69. The van der Waals surface area contributed by atoms with Gasteiger partial charge in [-0.15, -0.1) is 0 Å². The van der Waals surface area contributed by atoms with Crippen molar-refractivity contribution in [2.75, 3.05) is 14.2 Å². The summed E-state index contributed by atoms with van der Waals surface area (Å²) in [6, 6.07) is 3.86. The maximum Gasteiger partial charge on any atom is 0.327 e. The summed E-state index contributed by atoms with van der Waals surface area (Å²) >= 11 is 0.